The Morgan fingerprint density at radius 2 is 1.92 bits per heavy atom. The van der Waals surface area contributed by atoms with E-state index in [1.807, 2.05) is 6.07 Å². The van der Waals surface area contributed by atoms with Crippen molar-refractivity contribution >= 4 is 52.5 Å². The molecule has 0 aliphatic heterocycles. The smallest absolute Gasteiger partial charge is 0.266 e. The highest BCUT2D eigenvalue weighted by Crippen LogP contribution is 2.36. The summed E-state index contributed by atoms with van der Waals surface area (Å²) in [6, 6.07) is 9.45. The van der Waals surface area contributed by atoms with E-state index in [0.29, 0.717) is 12.2 Å². The number of aromatic hydroxyl groups is 1. The van der Waals surface area contributed by atoms with Crippen LogP contribution in [0.15, 0.2) is 35.9 Å². The Hall–Kier alpha value is -2.39. The minimum atomic E-state index is -0.690. The number of para-hydroxylation sites is 1. The van der Waals surface area contributed by atoms with E-state index in [2.05, 4.69) is 5.32 Å². The molecule has 0 atom stereocenters. The highest BCUT2D eigenvalue weighted by atomic mass is 35.5. The predicted octanol–water partition coefficient (Wildman–Crippen LogP) is 5.30. The molecule has 0 saturated heterocycles. The number of phenols is 1. The van der Waals surface area contributed by atoms with Crippen molar-refractivity contribution in [1.82, 2.24) is 0 Å². The van der Waals surface area contributed by atoms with Crippen LogP contribution >= 0.6 is 34.8 Å². The van der Waals surface area contributed by atoms with Crippen LogP contribution in [-0.4, -0.2) is 17.6 Å². The number of amides is 1. The van der Waals surface area contributed by atoms with Crippen LogP contribution in [0.25, 0.3) is 6.08 Å². The average Bonchev–Trinajstić information content (AvgIpc) is 2.60. The van der Waals surface area contributed by atoms with Gasteiger partial charge in [-0.15, -0.1) is 0 Å². The summed E-state index contributed by atoms with van der Waals surface area (Å²) in [5, 5.41) is 22.2. The topological polar surface area (TPSA) is 82.3 Å². The van der Waals surface area contributed by atoms with Gasteiger partial charge in [0.05, 0.1) is 27.4 Å². The van der Waals surface area contributed by atoms with Gasteiger partial charge in [-0.1, -0.05) is 40.9 Å². The number of carbonyl (C=O) groups excluding carboxylic acids is 1. The highest BCUT2D eigenvalue weighted by molar-refractivity contribution is 6.40. The molecule has 5 nitrogen and oxygen atoms in total. The second kappa shape index (κ2) is 8.81. The number of nitrogens with zero attached hydrogens (tertiary/aromatic N) is 1. The van der Waals surface area contributed by atoms with Crippen molar-refractivity contribution < 1.29 is 14.6 Å². The van der Waals surface area contributed by atoms with Gasteiger partial charge in [0.2, 0.25) is 0 Å². The predicted molar refractivity (Wildman–Crippen MR) is 103 cm³/mol. The van der Waals surface area contributed by atoms with Crippen LogP contribution in [0.2, 0.25) is 15.1 Å². The minimum absolute atomic E-state index is 0.0362. The molecule has 1 amide bonds. The zero-order chi connectivity index (χ0) is 19.3. The summed E-state index contributed by atoms with van der Waals surface area (Å²) < 4.78 is 5.28. The van der Waals surface area contributed by atoms with Gasteiger partial charge >= 0.3 is 0 Å². The Bertz CT molecular complexity index is 900. The van der Waals surface area contributed by atoms with Crippen LogP contribution in [0.3, 0.4) is 0 Å². The van der Waals surface area contributed by atoms with Crippen molar-refractivity contribution in [1.29, 1.82) is 5.26 Å². The van der Waals surface area contributed by atoms with E-state index in [9.17, 15) is 15.2 Å². The zero-order valence-corrected chi connectivity index (χ0v) is 15.8. The Labute approximate surface area is 165 Å². The van der Waals surface area contributed by atoms with Gasteiger partial charge < -0.3 is 15.2 Å². The van der Waals surface area contributed by atoms with Crippen molar-refractivity contribution in [2.75, 3.05) is 11.9 Å². The Morgan fingerprint density at radius 1 is 1.27 bits per heavy atom. The lowest BCUT2D eigenvalue weighted by Gasteiger charge is -2.10. The number of halogens is 3. The van der Waals surface area contributed by atoms with E-state index < -0.39 is 5.91 Å². The molecule has 0 heterocycles. The van der Waals surface area contributed by atoms with E-state index in [4.69, 9.17) is 39.5 Å². The number of hydrogen-bond donors (Lipinski definition) is 2. The second-order valence-corrected chi connectivity index (χ2v) is 6.22. The van der Waals surface area contributed by atoms with Crippen LogP contribution in [-0.2, 0) is 4.79 Å². The summed E-state index contributed by atoms with van der Waals surface area (Å²) in [6.07, 6.45) is 1.31. The number of hydrogen-bond acceptors (Lipinski definition) is 4. The third kappa shape index (κ3) is 4.61. The van der Waals surface area contributed by atoms with Crippen LogP contribution in [0.4, 0.5) is 5.69 Å². The van der Waals surface area contributed by atoms with Crippen LogP contribution in [0, 0.1) is 11.3 Å². The second-order valence-electron chi connectivity index (χ2n) is 5.00. The fourth-order valence-corrected chi connectivity index (χ4v) is 2.77. The van der Waals surface area contributed by atoms with E-state index in [0.717, 1.165) is 0 Å². The largest absolute Gasteiger partial charge is 0.503 e. The van der Waals surface area contributed by atoms with Crippen LogP contribution < -0.4 is 10.1 Å². The Balaban J connectivity index is 2.36. The monoisotopic (exact) mass is 410 g/mol. The van der Waals surface area contributed by atoms with Crippen molar-refractivity contribution in [2.24, 2.45) is 0 Å². The van der Waals surface area contributed by atoms with Gasteiger partial charge in [0.25, 0.3) is 5.91 Å². The molecule has 0 unspecified atom stereocenters. The molecule has 0 aliphatic rings. The number of nitrogens with one attached hydrogen (secondary N) is 1. The lowest BCUT2D eigenvalue weighted by Crippen LogP contribution is -2.14. The molecule has 0 aromatic heterocycles. The molecule has 0 fully saturated rings. The van der Waals surface area contributed by atoms with Gasteiger partial charge in [0.15, 0.2) is 11.5 Å². The summed E-state index contributed by atoms with van der Waals surface area (Å²) in [7, 11) is 0. The summed E-state index contributed by atoms with van der Waals surface area (Å²) in [6.45, 7) is 2.06. The van der Waals surface area contributed by atoms with E-state index in [1.165, 1.54) is 18.2 Å². The molecule has 0 aliphatic carbocycles. The molecule has 2 N–H and O–H groups in total. The molecular formula is C18H13Cl3N2O3. The average molecular weight is 412 g/mol. The van der Waals surface area contributed by atoms with Crippen molar-refractivity contribution in [3.63, 3.8) is 0 Å². The molecule has 0 bridgehead atoms. The first-order valence-electron chi connectivity index (χ1n) is 7.39. The fraction of sp³-hybridized carbons (Fsp3) is 0.111. The van der Waals surface area contributed by atoms with Crippen molar-refractivity contribution in [3.05, 3.63) is 56.5 Å². The normalized spacial score (nSPS) is 11.0. The number of rotatable bonds is 5. The van der Waals surface area contributed by atoms with Gasteiger partial charge in [-0.3, -0.25) is 4.79 Å². The van der Waals surface area contributed by atoms with Crippen molar-refractivity contribution in [3.8, 4) is 17.6 Å². The molecule has 2 aromatic carbocycles. The number of phenolic OH excluding ortho intramolecular Hbond substituents is 1. The first kappa shape index (κ1) is 19.9. The van der Waals surface area contributed by atoms with Gasteiger partial charge in [0, 0.05) is 0 Å². The van der Waals surface area contributed by atoms with E-state index in [-0.39, 0.29) is 37.8 Å². The molecule has 0 spiro atoms. The number of benzene rings is 2. The third-order valence-electron chi connectivity index (χ3n) is 3.23. The zero-order valence-electron chi connectivity index (χ0n) is 13.5. The molecule has 2 rings (SSSR count). The molecule has 0 saturated carbocycles. The lowest BCUT2D eigenvalue weighted by atomic mass is 10.1. The Morgan fingerprint density at radius 3 is 2.50 bits per heavy atom. The number of nitriles is 1. The molecule has 2 aromatic rings. The molecule has 0 radical (unpaired) electrons. The Kier molecular flexibility index (Phi) is 6.76. The van der Waals surface area contributed by atoms with Crippen LogP contribution in [0.1, 0.15) is 12.5 Å². The summed E-state index contributed by atoms with van der Waals surface area (Å²) >= 11 is 18.0. The molecule has 26 heavy (non-hydrogen) atoms. The van der Waals surface area contributed by atoms with Gasteiger partial charge in [-0.05, 0) is 42.8 Å². The molecule has 134 valence electrons. The first-order valence-corrected chi connectivity index (χ1v) is 8.53. The lowest BCUT2D eigenvalue weighted by molar-refractivity contribution is -0.112. The third-order valence-corrected chi connectivity index (χ3v) is 4.15. The summed E-state index contributed by atoms with van der Waals surface area (Å²) in [5.74, 6) is -0.751. The van der Waals surface area contributed by atoms with Gasteiger partial charge in [-0.25, -0.2) is 0 Å². The van der Waals surface area contributed by atoms with Gasteiger partial charge in [-0.2, -0.15) is 5.26 Å². The van der Waals surface area contributed by atoms with E-state index in [1.54, 1.807) is 25.1 Å². The number of anilines is 1. The summed E-state index contributed by atoms with van der Waals surface area (Å²) in [4.78, 5) is 12.4. The standard InChI is InChI=1S/C18H13Cl3N2O3/c1-2-26-15-8-10(7-14(21)17(15)24)6-11(9-22)18(25)23-16-12(19)4-3-5-13(16)20/h3-8,24H,2H2,1H3,(H,23,25)/b11-6+. The summed E-state index contributed by atoms with van der Waals surface area (Å²) in [5.41, 5.74) is 0.416. The van der Waals surface area contributed by atoms with E-state index >= 15 is 0 Å². The SMILES string of the molecule is CCOc1cc(/C=C(\C#N)C(=O)Nc2c(Cl)cccc2Cl)cc(Cl)c1O. The maximum absolute atomic E-state index is 12.4. The molecular weight excluding hydrogens is 399 g/mol. The maximum Gasteiger partial charge on any atom is 0.266 e. The number of ether oxygens (including phenoxy) is 1. The molecule has 8 heteroatoms. The number of carbonyl (C=O) groups is 1. The fourth-order valence-electron chi connectivity index (χ4n) is 2.06. The highest BCUT2D eigenvalue weighted by Gasteiger charge is 2.15. The van der Waals surface area contributed by atoms with Crippen LogP contribution in [0.5, 0.6) is 11.5 Å². The van der Waals surface area contributed by atoms with Crippen molar-refractivity contribution in [2.45, 2.75) is 6.92 Å². The quantitative estimate of drug-likeness (QED) is 0.517. The van der Waals surface area contributed by atoms with Gasteiger partial charge in [0.1, 0.15) is 11.6 Å². The maximum atomic E-state index is 12.4. The minimum Gasteiger partial charge on any atom is -0.503 e. The first-order chi connectivity index (χ1) is 12.4.